The number of ether oxygens (including phenoxy) is 2. The van der Waals surface area contributed by atoms with Crippen molar-refractivity contribution < 1.29 is 33.8 Å². The molecule has 0 radical (unpaired) electrons. The molecule has 246 valence electrons. The number of hydrogen-bond donors (Lipinski definition) is 2. The van der Waals surface area contributed by atoms with Gasteiger partial charge in [-0.25, -0.2) is 0 Å². The third-order valence-electron chi connectivity index (χ3n) is 9.80. The number of fused-ring (bicyclic) bond motifs is 1. The largest absolute Gasteiger partial charge is 0.460 e. The quantitative estimate of drug-likeness (QED) is 0.226. The monoisotopic (exact) mass is 623 g/mol. The summed E-state index contributed by atoms with van der Waals surface area (Å²) < 4.78 is 12.4. The Labute approximate surface area is 266 Å². The summed E-state index contributed by atoms with van der Waals surface area (Å²) in [5.74, 6) is -3.42. The zero-order valence-electron chi connectivity index (χ0n) is 27.3. The molecule has 8 atom stereocenters. The van der Waals surface area contributed by atoms with Crippen LogP contribution in [0.1, 0.15) is 64.0 Å². The number of aryl methyl sites for hydroxylation is 2. The highest BCUT2D eigenvalue weighted by Crippen LogP contribution is 2.59. The Morgan fingerprint density at radius 3 is 2.62 bits per heavy atom. The Hall–Kier alpha value is -3.50. The molecule has 0 unspecified atom stereocenters. The van der Waals surface area contributed by atoms with E-state index in [1.165, 1.54) is 4.90 Å². The van der Waals surface area contributed by atoms with Gasteiger partial charge in [0.05, 0.1) is 37.1 Å². The van der Waals surface area contributed by atoms with Crippen molar-refractivity contribution in [3.05, 3.63) is 54.6 Å². The number of esters is 1. The molecule has 0 saturated carbocycles. The van der Waals surface area contributed by atoms with Gasteiger partial charge in [-0.1, -0.05) is 44.6 Å². The molecule has 45 heavy (non-hydrogen) atoms. The number of carbonyl (C=O) groups excluding carboxylic acids is 4. The van der Waals surface area contributed by atoms with Crippen LogP contribution in [-0.2, 0) is 28.7 Å². The molecule has 10 heteroatoms. The molecule has 3 heterocycles. The number of amides is 3. The van der Waals surface area contributed by atoms with Crippen LogP contribution in [0.15, 0.2) is 43.5 Å². The first-order chi connectivity index (χ1) is 21.4. The summed E-state index contributed by atoms with van der Waals surface area (Å²) in [5, 5.41) is 13.4. The minimum Gasteiger partial charge on any atom is -0.460 e. The van der Waals surface area contributed by atoms with Crippen molar-refractivity contribution in [3.63, 3.8) is 0 Å². The number of aliphatic hydroxyl groups is 1. The van der Waals surface area contributed by atoms with Gasteiger partial charge in [0.2, 0.25) is 11.8 Å². The van der Waals surface area contributed by atoms with Crippen molar-refractivity contribution in [1.29, 1.82) is 0 Å². The number of benzene rings is 1. The maximum atomic E-state index is 14.9. The SMILES string of the molecule is C=CCCC(=O)NC[C@@H](C)OC(=O)[C@@H]1[C@@H]2CC[C@]3(O2)[C@H](C(=O)N(CC=C)c2cc(C)ccc2C)N([C@@H](CO)[C@@H](C)CC)C(=O)[C@@H]13. The van der Waals surface area contributed by atoms with E-state index in [0.29, 0.717) is 37.8 Å². The summed E-state index contributed by atoms with van der Waals surface area (Å²) in [4.78, 5) is 58.4. The number of carbonyl (C=O) groups is 4. The highest BCUT2D eigenvalue weighted by Gasteiger charge is 2.76. The van der Waals surface area contributed by atoms with E-state index in [1.54, 1.807) is 24.0 Å². The summed E-state index contributed by atoms with van der Waals surface area (Å²) in [7, 11) is 0. The number of likely N-dealkylation sites (tertiary alicyclic amines) is 1. The van der Waals surface area contributed by atoms with Crippen molar-refractivity contribution in [2.24, 2.45) is 17.8 Å². The molecular weight excluding hydrogens is 574 g/mol. The van der Waals surface area contributed by atoms with Crippen LogP contribution in [-0.4, -0.2) is 83.3 Å². The standard InChI is InChI=1S/C35H49N3O7/c1-8-11-12-28(40)36-19-24(7)44-34(43)29-27-15-16-35(45-27)30(29)32(41)38(26(20-39)22(5)10-3)31(35)33(42)37(17-9-2)25-18-21(4)13-14-23(25)6/h8-9,13-14,18,22,24,26-27,29-31,39H,1-2,10-12,15-17,19-20H2,3-7H3,(H,36,40)/t22-,24+,26-,27-,29+,30+,31-,35+/m0/s1. The highest BCUT2D eigenvalue weighted by molar-refractivity contribution is 6.05. The summed E-state index contributed by atoms with van der Waals surface area (Å²) in [6.07, 6.45) is 4.52. The van der Waals surface area contributed by atoms with Gasteiger partial charge in [0.25, 0.3) is 5.91 Å². The normalized spacial score (nSPS) is 27.0. The second-order valence-electron chi connectivity index (χ2n) is 12.8. The minimum atomic E-state index is -1.25. The molecule has 2 bridgehead atoms. The van der Waals surface area contributed by atoms with Crippen LogP contribution in [0.2, 0.25) is 0 Å². The van der Waals surface area contributed by atoms with Crippen LogP contribution >= 0.6 is 0 Å². The van der Waals surface area contributed by atoms with Crippen LogP contribution in [0.4, 0.5) is 5.69 Å². The van der Waals surface area contributed by atoms with Crippen molar-refractivity contribution in [1.82, 2.24) is 10.2 Å². The van der Waals surface area contributed by atoms with Crippen molar-refractivity contribution in [2.75, 3.05) is 24.6 Å². The molecule has 3 aliphatic heterocycles. The molecule has 0 aliphatic carbocycles. The van der Waals surface area contributed by atoms with Crippen LogP contribution in [0.25, 0.3) is 0 Å². The lowest BCUT2D eigenvalue weighted by Gasteiger charge is -2.41. The predicted molar refractivity (Wildman–Crippen MR) is 171 cm³/mol. The van der Waals surface area contributed by atoms with Gasteiger partial charge in [0, 0.05) is 18.7 Å². The van der Waals surface area contributed by atoms with Gasteiger partial charge in [-0.2, -0.15) is 0 Å². The fourth-order valence-corrected chi connectivity index (χ4v) is 7.30. The topological polar surface area (TPSA) is 125 Å². The second-order valence-corrected chi connectivity index (χ2v) is 12.8. The van der Waals surface area contributed by atoms with E-state index in [9.17, 15) is 24.3 Å². The van der Waals surface area contributed by atoms with Gasteiger partial charge < -0.3 is 29.7 Å². The maximum absolute atomic E-state index is 14.9. The average molecular weight is 624 g/mol. The van der Waals surface area contributed by atoms with Crippen LogP contribution < -0.4 is 10.2 Å². The van der Waals surface area contributed by atoms with E-state index in [0.717, 1.165) is 11.1 Å². The first kappa shape index (κ1) is 34.4. The number of allylic oxidation sites excluding steroid dienone is 1. The van der Waals surface area contributed by atoms with Crippen LogP contribution in [0.3, 0.4) is 0 Å². The lowest BCUT2D eigenvalue weighted by molar-refractivity contribution is -0.160. The zero-order valence-corrected chi connectivity index (χ0v) is 27.3. The highest BCUT2D eigenvalue weighted by atomic mass is 16.6. The predicted octanol–water partition coefficient (Wildman–Crippen LogP) is 3.62. The summed E-state index contributed by atoms with van der Waals surface area (Å²) in [6, 6.07) is 4.17. The number of anilines is 1. The van der Waals surface area contributed by atoms with E-state index < -0.39 is 47.7 Å². The molecule has 3 amide bonds. The van der Waals surface area contributed by atoms with E-state index in [-0.39, 0.29) is 43.3 Å². The van der Waals surface area contributed by atoms with Gasteiger partial charge in [0.1, 0.15) is 17.7 Å². The minimum absolute atomic E-state index is 0.120. The van der Waals surface area contributed by atoms with Crippen molar-refractivity contribution in [2.45, 2.75) is 96.6 Å². The molecule has 2 N–H and O–H groups in total. The average Bonchev–Trinajstić information content (AvgIpc) is 3.66. The van der Waals surface area contributed by atoms with E-state index in [4.69, 9.17) is 9.47 Å². The van der Waals surface area contributed by atoms with E-state index in [2.05, 4.69) is 18.5 Å². The Balaban J connectivity index is 1.70. The van der Waals surface area contributed by atoms with Gasteiger partial charge in [0.15, 0.2) is 0 Å². The molecular formula is C35H49N3O7. The van der Waals surface area contributed by atoms with Gasteiger partial charge in [-0.3, -0.25) is 19.2 Å². The smallest absolute Gasteiger partial charge is 0.312 e. The van der Waals surface area contributed by atoms with E-state index >= 15 is 0 Å². The number of nitrogens with zero attached hydrogens (tertiary/aromatic N) is 2. The number of aliphatic hydroxyl groups excluding tert-OH is 1. The summed E-state index contributed by atoms with van der Waals surface area (Å²) in [6.45, 7) is 17.0. The first-order valence-corrected chi connectivity index (χ1v) is 16.1. The lowest BCUT2D eigenvalue weighted by Crippen LogP contribution is -2.60. The summed E-state index contributed by atoms with van der Waals surface area (Å²) in [5.41, 5.74) is 1.34. The third kappa shape index (κ3) is 6.45. The van der Waals surface area contributed by atoms with Gasteiger partial charge in [-0.15, -0.1) is 13.2 Å². The molecule has 3 aliphatic rings. The number of nitrogens with one attached hydrogen (secondary N) is 1. The lowest BCUT2D eigenvalue weighted by atomic mass is 9.70. The Morgan fingerprint density at radius 1 is 1.24 bits per heavy atom. The maximum Gasteiger partial charge on any atom is 0.312 e. The number of rotatable bonds is 15. The molecule has 1 aromatic rings. The molecule has 1 spiro atoms. The molecule has 1 aromatic carbocycles. The molecule has 3 saturated heterocycles. The molecule has 10 nitrogen and oxygen atoms in total. The van der Waals surface area contributed by atoms with Gasteiger partial charge >= 0.3 is 5.97 Å². The van der Waals surface area contributed by atoms with Crippen molar-refractivity contribution >= 4 is 29.4 Å². The zero-order chi connectivity index (χ0) is 33.1. The van der Waals surface area contributed by atoms with Crippen LogP contribution in [0, 0.1) is 31.6 Å². The Bertz CT molecular complexity index is 1310. The fourth-order valence-electron chi connectivity index (χ4n) is 7.30. The fraction of sp³-hybridized carbons (Fsp3) is 0.600. The van der Waals surface area contributed by atoms with Gasteiger partial charge in [-0.05, 0) is 63.1 Å². The first-order valence-electron chi connectivity index (χ1n) is 16.1. The van der Waals surface area contributed by atoms with Crippen LogP contribution in [0.5, 0.6) is 0 Å². The van der Waals surface area contributed by atoms with E-state index in [1.807, 2.05) is 45.9 Å². The summed E-state index contributed by atoms with van der Waals surface area (Å²) >= 11 is 0. The Morgan fingerprint density at radius 2 is 1.98 bits per heavy atom. The molecule has 3 fully saturated rings. The Kier molecular flexibility index (Phi) is 10.9. The third-order valence-corrected chi connectivity index (χ3v) is 9.80. The molecule has 0 aromatic heterocycles. The second kappa shape index (κ2) is 14.3. The molecule has 4 rings (SSSR count). The van der Waals surface area contributed by atoms with Crippen molar-refractivity contribution in [3.8, 4) is 0 Å². The number of hydrogen-bond acceptors (Lipinski definition) is 7.